The zero-order valence-electron chi connectivity index (χ0n) is 15.0. The van der Waals surface area contributed by atoms with Crippen molar-refractivity contribution in [2.24, 2.45) is 5.92 Å². The van der Waals surface area contributed by atoms with Gasteiger partial charge in [-0.3, -0.25) is 14.4 Å². The number of hydrogen-bond donors (Lipinski definition) is 1. The molecule has 142 valence electrons. The van der Waals surface area contributed by atoms with Crippen molar-refractivity contribution < 1.29 is 19.5 Å². The molecule has 3 rings (SSSR count). The molecule has 0 radical (unpaired) electrons. The summed E-state index contributed by atoms with van der Waals surface area (Å²) in [6, 6.07) is 9.28. The van der Waals surface area contributed by atoms with Crippen molar-refractivity contribution in [1.82, 2.24) is 24.6 Å². The van der Waals surface area contributed by atoms with Crippen LogP contribution in [-0.4, -0.2) is 74.1 Å². The van der Waals surface area contributed by atoms with Gasteiger partial charge in [0.05, 0.1) is 18.2 Å². The number of aromatic nitrogens is 3. The first-order valence-electron chi connectivity index (χ1n) is 8.69. The second-order valence-electron chi connectivity index (χ2n) is 6.50. The Hall–Kier alpha value is -3.23. The molecule has 0 spiro atoms. The minimum atomic E-state index is -0.825. The van der Waals surface area contributed by atoms with E-state index in [4.69, 9.17) is 5.11 Å². The van der Waals surface area contributed by atoms with Crippen molar-refractivity contribution in [1.29, 1.82) is 0 Å². The summed E-state index contributed by atoms with van der Waals surface area (Å²) in [5, 5.41) is 13.2. The van der Waals surface area contributed by atoms with E-state index >= 15 is 0 Å². The van der Waals surface area contributed by atoms with Gasteiger partial charge in [-0.1, -0.05) is 18.2 Å². The van der Waals surface area contributed by atoms with E-state index in [0.717, 1.165) is 5.69 Å². The van der Waals surface area contributed by atoms with E-state index in [1.165, 1.54) is 23.0 Å². The fraction of sp³-hybridized carbons (Fsp3) is 0.389. The number of piperidine rings is 1. The Labute approximate surface area is 156 Å². The quantitative estimate of drug-likeness (QED) is 0.827. The zero-order valence-corrected chi connectivity index (χ0v) is 15.0. The van der Waals surface area contributed by atoms with E-state index in [1.54, 1.807) is 4.90 Å². The number of likely N-dealkylation sites (N-methyl/N-ethyl adjacent to an activating group) is 1. The molecular weight excluding hydrogens is 350 g/mol. The molecule has 0 aliphatic carbocycles. The van der Waals surface area contributed by atoms with E-state index < -0.39 is 17.8 Å². The van der Waals surface area contributed by atoms with Crippen LogP contribution in [0.25, 0.3) is 5.69 Å². The highest BCUT2D eigenvalue weighted by molar-refractivity contribution is 5.93. The number of nitrogens with zero attached hydrogens (tertiary/aromatic N) is 5. The highest BCUT2D eigenvalue weighted by Crippen LogP contribution is 2.17. The van der Waals surface area contributed by atoms with Crippen molar-refractivity contribution in [2.75, 3.05) is 26.7 Å². The predicted octanol–water partition coefficient (Wildman–Crippen LogP) is 0.663. The van der Waals surface area contributed by atoms with Crippen LogP contribution in [-0.2, 0) is 9.59 Å². The molecule has 1 saturated heterocycles. The summed E-state index contributed by atoms with van der Waals surface area (Å²) >= 11 is 0. The third-order valence-corrected chi connectivity index (χ3v) is 4.62. The minimum Gasteiger partial charge on any atom is -0.481 e. The van der Waals surface area contributed by atoms with Gasteiger partial charge in [0.2, 0.25) is 11.7 Å². The van der Waals surface area contributed by atoms with Crippen LogP contribution in [0.3, 0.4) is 0 Å². The van der Waals surface area contributed by atoms with Crippen LogP contribution in [0.15, 0.2) is 36.7 Å². The molecule has 0 unspecified atom stereocenters. The Morgan fingerprint density at radius 3 is 2.48 bits per heavy atom. The number of rotatable bonds is 5. The summed E-state index contributed by atoms with van der Waals surface area (Å²) in [7, 11) is 1.52. The first-order valence-corrected chi connectivity index (χ1v) is 8.69. The molecule has 0 saturated carbocycles. The number of para-hydroxylation sites is 1. The van der Waals surface area contributed by atoms with Gasteiger partial charge in [0.15, 0.2) is 0 Å². The molecule has 9 nitrogen and oxygen atoms in total. The van der Waals surface area contributed by atoms with Gasteiger partial charge in [0.1, 0.15) is 6.33 Å². The molecular formula is C18H21N5O4. The van der Waals surface area contributed by atoms with Gasteiger partial charge < -0.3 is 14.9 Å². The summed E-state index contributed by atoms with van der Waals surface area (Å²) in [6.07, 6.45) is 2.32. The summed E-state index contributed by atoms with van der Waals surface area (Å²) in [5.74, 6) is -1.87. The molecule has 9 heteroatoms. The van der Waals surface area contributed by atoms with E-state index in [2.05, 4.69) is 10.1 Å². The maximum atomic E-state index is 12.5. The molecule has 2 amide bonds. The number of carboxylic acid groups (broad SMARTS) is 1. The normalized spacial score (nSPS) is 14.8. The topological polar surface area (TPSA) is 109 Å². The number of carboxylic acids is 1. The lowest BCUT2D eigenvalue weighted by atomic mass is 9.97. The Kier molecular flexibility index (Phi) is 5.49. The van der Waals surface area contributed by atoms with Crippen molar-refractivity contribution in [3.05, 3.63) is 42.5 Å². The fourth-order valence-electron chi connectivity index (χ4n) is 2.99. The van der Waals surface area contributed by atoms with Gasteiger partial charge in [0, 0.05) is 20.1 Å². The van der Waals surface area contributed by atoms with Gasteiger partial charge in [-0.2, -0.15) is 0 Å². The molecule has 1 aliphatic rings. The van der Waals surface area contributed by atoms with E-state index in [9.17, 15) is 14.4 Å². The molecule has 1 aromatic carbocycles. The number of benzene rings is 1. The maximum Gasteiger partial charge on any atom is 0.306 e. The summed E-state index contributed by atoms with van der Waals surface area (Å²) in [4.78, 5) is 42.8. The molecule has 1 aliphatic heterocycles. The molecule has 1 N–H and O–H groups in total. The number of amides is 2. The van der Waals surface area contributed by atoms with Gasteiger partial charge in [0.25, 0.3) is 5.91 Å². The van der Waals surface area contributed by atoms with Crippen LogP contribution in [0, 0.1) is 5.92 Å². The minimum absolute atomic E-state index is 0.0127. The lowest BCUT2D eigenvalue weighted by Gasteiger charge is -2.31. The van der Waals surface area contributed by atoms with Crippen molar-refractivity contribution in [3.63, 3.8) is 0 Å². The molecule has 0 atom stereocenters. The SMILES string of the molecule is CN(CC(=O)N1CCC(C(=O)O)CC1)C(=O)c1ncn(-c2ccccc2)n1. The lowest BCUT2D eigenvalue weighted by molar-refractivity contribution is -0.145. The standard InChI is InChI=1S/C18H21N5O4/c1-21(11-15(24)22-9-7-13(8-10-22)18(26)27)17(25)16-19-12-23(20-16)14-5-3-2-4-6-14/h2-6,12-13H,7-11H2,1H3,(H,26,27). The van der Waals surface area contributed by atoms with Gasteiger partial charge in [-0.25, -0.2) is 9.67 Å². The number of hydrogen-bond acceptors (Lipinski definition) is 5. The monoisotopic (exact) mass is 371 g/mol. The smallest absolute Gasteiger partial charge is 0.306 e. The van der Waals surface area contributed by atoms with E-state index in [-0.39, 0.29) is 18.3 Å². The second-order valence-corrected chi connectivity index (χ2v) is 6.50. The van der Waals surface area contributed by atoms with Crippen LogP contribution < -0.4 is 0 Å². The van der Waals surface area contributed by atoms with Crippen molar-refractivity contribution in [3.8, 4) is 5.69 Å². The molecule has 1 aromatic heterocycles. The summed E-state index contributed by atoms with van der Waals surface area (Å²) < 4.78 is 1.50. The van der Waals surface area contributed by atoms with E-state index in [0.29, 0.717) is 25.9 Å². The van der Waals surface area contributed by atoms with Crippen LogP contribution >= 0.6 is 0 Å². The fourth-order valence-corrected chi connectivity index (χ4v) is 2.99. The molecule has 2 aromatic rings. The Balaban J connectivity index is 1.57. The molecule has 0 bridgehead atoms. The third kappa shape index (κ3) is 4.30. The van der Waals surface area contributed by atoms with Crippen LogP contribution in [0.5, 0.6) is 0 Å². The molecule has 27 heavy (non-hydrogen) atoms. The summed E-state index contributed by atoms with van der Waals surface area (Å²) in [5.41, 5.74) is 0.782. The Morgan fingerprint density at radius 1 is 1.19 bits per heavy atom. The zero-order chi connectivity index (χ0) is 19.4. The summed E-state index contributed by atoms with van der Waals surface area (Å²) in [6.45, 7) is 0.674. The van der Waals surface area contributed by atoms with Crippen molar-refractivity contribution in [2.45, 2.75) is 12.8 Å². The van der Waals surface area contributed by atoms with Crippen LogP contribution in [0.4, 0.5) is 0 Å². The second kappa shape index (κ2) is 7.98. The number of carbonyl (C=O) groups excluding carboxylic acids is 2. The van der Waals surface area contributed by atoms with Gasteiger partial charge >= 0.3 is 5.97 Å². The first kappa shape index (κ1) is 18.6. The average Bonchev–Trinajstić information content (AvgIpc) is 3.18. The first-order chi connectivity index (χ1) is 13.0. The van der Waals surface area contributed by atoms with Crippen molar-refractivity contribution >= 4 is 17.8 Å². The molecule has 2 heterocycles. The van der Waals surface area contributed by atoms with E-state index in [1.807, 2.05) is 30.3 Å². The van der Waals surface area contributed by atoms with Crippen LogP contribution in [0.1, 0.15) is 23.5 Å². The van der Waals surface area contributed by atoms with Gasteiger partial charge in [-0.15, -0.1) is 5.10 Å². The Morgan fingerprint density at radius 2 is 1.85 bits per heavy atom. The third-order valence-electron chi connectivity index (χ3n) is 4.62. The largest absolute Gasteiger partial charge is 0.481 e. The number of carbonyl (C=O) groups is 3. The highest BCUT2D eigenvalue weighted by atomic mass is 16.4. The predicted molar refractivity (Wildman–Crippen MR) is 95.3 cm³/mol. The van der Waals surface area contributed by atoms with Crippen LogP contribution in [0.2, 0.25) is 0 Å². The average molecular weight is 371 g/mol. The lowest BCUT2D eigenvalue weighted by Crippen LogP contribution is -2.45. The number of likely N-dealkylation sites (tertiary alicyclic amines) is 1. The Bertz CT molecular complexity index is 827. The maximum absolute atomic E-state index is 12.5. The molecule has 1 fully saturated rings. The number of aliphatic carboxylic acids is 1. The highest BCUT2D eigenvalue weighted by Gasteiger charge is 2.28. The van der Waals surface area contributed by atoms with Gasteiger partial charge in [-0.05, 0) is 25.0 Å².